The van der Waals surface area contributed by atoms with E-state index in [1.165, 1.54) is 0 Å². The van der Waals surface area contributed by atoms with Crippen molar-refractivity contribution in [3.63, 3.8) is 0 Å². The lowest BCUT2D eigenvalue weighted by Crippen LogP contribution is -2.15. The molecule has 3 nitrogen and oxygen atoms in total. The summed E-state index contributed by atoms with van der Waals surface area (Å²) in [6, 6.07) is 5.72. The molecule has 5 heteroatoms. The van der Waals surface area contributed by atoms with Crippen LogP contribution in [0.2, 0.25) is 0 Å². The Labute approximate surface area is 92.9 Å². The first kappa shape index (κ1) is 10.5. The summed E-state index contributed by atoms with van der Waals surface area (Å²) in [5, 5.41) is 11.3. The van der Waals surface area contributed by atoms with E-state index in [0.717, 1.165) is 14.5 Å². The highest BCUT2D eigenvalue weighted by atomic mass is 79.9. The van der Waals surface area contributed by atoms with Crippen LogP contribution in [0.15, 0.2) is 32.3 Å². The third-order valence-electron chi connectivity index (χ3n) is 1.55. The summed E-state index contributed by atoms with van der Waals surface area (Å²) in [5.74, 6) is 0.188. The van der Waals surface area contributed by atoms with E-state index in [9.17, 15) is 0 Å². The topological polar surface area (TPSA) is 58.6 Å². The van der Waals surface area contributed by atoms with Crippen LogP contribution in [0.4, 0.5) is 0 Å². The van der Waals surface area contributed by atoms with Crippen LogP contribution in [-0.4, -0.2) is 11.0 Å². The zero-order valence-corrected chi connectivity index (χ0v) is 9.84. The number of nitrogens with zero attached hydrogens (tertiary/aromatic N) is 1. The fourth-order valence-electron chi connectivity index (χ4n) is 0.918. The molecule has 1 aromatic carbocycles. The number of hydrogen-bond donors (Lipinski definition) is 2. The standard InChI is InChI=1S/C8H8Br2N2O/c9-6-2-1-3-7(10)5(6)4-8(11)12-13/h1-3,13H,4H2,(H2,11,12). The van der Waals surface area contributed by atoms with Crippen molar-refractivity contribution in [1.82, 2.24) is 0 Å². The molecule has 0 amide bonds. The van der Waals surface area contributed by atoms with Gasteiger partial charge in [-0.3, -0.25) is 0 Å². The van der Waals surface area contributed by atoms with Gasteiger partial charge < -0.3 is 10.9 Å². The minimum absolute atomic E-state index is 0.188. The Morgan fingerprint density at radius 3 is 2.38 bits per heavy atom. The first-order valence-electron chi connectivity index (χ1n) is 3.54. The summed E-state index contributed by atoms with van der Waals surface area (Å²) >= 11 is 6.77. The number of halogens is 2. The Bertz CT molecular complexity index is 319. The molecule has 0 bridgehead atoms. The van der Waals surface area contributed by atoms with E-state index >= 15 is 0 Å². The van der Waals surface area contributed by atoms with Crippen molar-refractivity contribution < 1.29 is 5.21 Å². The largest absolute Gasteiger partial charge is 0.409 e. The Kier molecular flexibility index (Phi) is 3.74. The Hall–Kier alpha value is -0.550. The third kappa shape index (κ3) is 2.70. The van der Waals surface area contributed by atoms with Crippen LogP contribution in [0.3, 0.4) is 0 Å². The molecule has 0 aliphatic carbocycles. The van der Waals surface area contributed by atoms with Crippen LogP contribution in [0.5, 0.6) is 0 Å². The average Bonchev–Trinajstić information content (AvgIpc) is 2.11. The molecule has 1 aromatic rings. The molecule has 0 atom stereocenters. The minimum Gasteiger partial charge on any atom is -0.409 e. The van der Waals surface area contributed by atoms with Gasteiger partial charge in [-0.2, -0.15) is 0 Å². The molecule has 0 aliphatic rings. The molecular formula is C8H8Br2N2O. The summed E-state index contributed by atoms with van der Waals surface area (Å²) in [5.41, 5.74) is 6.37. The third-order valence-corrected chi connectivity index (χ3v) is 3.03. The second-order valence-electron chi connectivity index (χ2n) is 2.47. The normalized spacial score (nSPS) is 11.7. The second-order valence-corrected chi connectivity index (χ2v) is 4.18. The van der Waals surface area contributed by atoms with Gasteiger partial charge in [0.2, 0.25) is 0 Å². The molecule has 0 aromatic heterocycles. The van der Waals surface area contributed by atoms with E-state index in [4.69, 9.17) is 10.9 Å². The zero-order valence-electron chi connectivity index (χ0n) is 6.67. The number of oxime groups is 1. The van der Waals surface area contributed by atoms with E-state index < -0.39 is 0 Å². The molecular weight excluding hydrogens is 300 g/mol. The average molecular weight is 308 g/mol. The van der Waals surface area contributed by atoms with Crippen LogP contribution in [0.1, 0.15) is 5.56 Å². The van der Waals surface area contributed by atoms with Gasteiger partial charge in [0, 0.05) is 15.4 Å². The van der Waals surface area contributed by atoms with Gasteiger partial charge in [-0.15, -0.1) is 0 Å². The molecule has 0 aliphatic heterocycles. The Morgan fingerprint density at radius 2 is 1.92 bits per heavy atom. The smallest absolute Gasteiger partial charge is 0.143 e. The number of nitrogens with two attached hydrogens (primary N) is 1. The predicted octanol–water partition coefficient (Wildman–Crippen LogP) is 2.50. The highest BCUT2D eigenvalue weighted by molar-refractivity contribution is 9.11. The van der Waals surface area contributed by atoms with Crippen molar-refractivity contribution in [2.75, 3.05) is 0 Å². The molecule has 0 fully saturated rings. The summed E-state index contributed by atoms with van der Waals surface area (Å²) < 4.78 is 1.88. The van der Waals surface area contributed by atoms with Gasteiger partial charge in [-0.25, -0.2) is 0 Å². The van der Waals surface area contributed by atoms with Crippen molar-refractivity contribution in [2.24, 2.45) is 10.9 Å². The predicted molar refractivity (Wildman–Crippen MR) is 59.0 cm³/mol. The summed E-state index contributed by atoms with van der Waals surface area (Å²) in [6.07, 6.45) is 0.415. The van der Waals surface area contributed by atoms with Crippen molar-refractivity contribution in [3.8, 4) is 0 Å². The van der Waals surface area contributed by atoms with Gasteiger partial charge in [0.1, 0.15) is 5.84 Å². The fraction of sp³-hybridized carbons (Fsp3) is 0.125. The number of hydrogen-bond acceptors (Lipinski definition) is 2. The maximum absolute atomic E-state index is 8.41. The molecule has 0 saturated carbocycles. The molecule has 3 N–H and O–H groups in total. The van der Waals surface area contributed by atoms with Gasteiger partial charge in [-0.05, 0) is 17.7 Å². The van der Waals surface area contributed by atoms with Crippen LogP contribution in [-0.2, 0) is 6.42 Å². The van der Waals surface area contributed by atoms with E-state index in [1.54, 1.807) is 0 Å². The quantitative estimate of drug-likeness (QED) is 0.382. The maximum Gasteiger partial charge on any atom is 0.143 e. The highest BCUT2D eigenvalue weighted by Crippen LogP contribution is 2.25. The summed E-state index contributed by atoms with van der Waals surface area (Å²) in [6.45, 7) is 0. The van der Waals surface area contributed by atoms with E-state index in [2.05, 4.69) is 37.0 Å². The van der Waals surface area contributed by atoms with Gasteiger partial charge in [0.25, 0.3) is 0 Å². The molecule has 0 radical (unpaired) electrons. The number of rotatable bonds is 2. The molecule has 13 heavy (non-hydrogen) atoms. The van der Waals surface area contributed by atoms with Crippen LogP contribution in [0.25, 0.3) is 0 Å². The first-order chi connectivity index (χ1) is 6.15. The molecule has 0 heterocycles. The lowest BCUT2D eigenvalue weighted by molar-refractivity contribution is 0.317. The summed E-state index contributed by atoms with van der Waals surface area (Å²) in [4.78, 5) is 0. The fourth-order valence-corrected chi connectivity index (χ4v) is 2.20. The van der Waals surface area contributed by atoms with Crippen molar-refractivity contribution >= 4 is 37.7 Å². The van der Waals surface area contributed by atoms with Crippen LogP contribution in [0, 0.1) is 0 Å². The molecule has 0 unspecified atom stereocenters. The van der Waals surface area contributed by atoms with Gasteiger partial charge in [0.15, 0.2) is 0 Å². The van der Waals surface area contributed by atoms with Crippen molar-refractivity contribution in [2.45, 2.75) is 6.42 Å². The Balaban J connectivity index is 3.00. The molecule has 0 spiro atoms. The Morgan fingerprint density at radius 1 is 1.38 bits per heavy atom. The summed E-state index contributed by atoms with van der Waals surface area (Å²) in [7, 11) is 0. The molecule has 0 saturated heterocycles. The monoisotopic (exact) mass is 306 g/mol. The van der Waals surface area contributed by atoms with Gasteiger partial charge in [0.05, 0.1) is 0 Å². The highest BCUT2D eigenvalue weighted by Gasteiger charge is 2.06. The van der Waals surface area contributed by atoms with Crippen LogP contribution >= 0.6 is 31.9 Å². The minimum atomic E-state index is 0.188. The van der Waals surface area contributed by atoms with Gasteiger partial charge in [-0.1, -0.05) is 43.1 Å². The lowest BCUT2D eigenvalue weighted by atomic mass is 10.1. The SMILES string of the molecule is N/C(Cc1c(Br)cccc1Br)=N\O. The number of benzene rings is 1. The van der Waals surface area contributed by atoms with E-state index in [-0.39, 0.29) is 5.84 Å². The maximum atomic E-state index is 8.41. The van der Waals surface area contributed by atoms with E-state index in [0.29, 0.717) is 6.42 Å². The number of amidine groups is 1. The van der Waals surface area contributed by atoms with Gasteiger partial charge >= 0.3 is 0 Å². The van der Waals surface area contributed by atoms with Crippen molar-refractivity contribution in [3.05, 3.63) is 32.7 Å². The zero-order chi connectivity index (χ0) is 9.84. The molecule has 1 rings (SSSR count). The second kappa shape index (κ2) is 4.62. The first-order valence-corrected chi connectivity index (χ1v) is 5.13. The molecule has 70 valence electrons. The van der Waals surface area contributed by atoms with E-state index in [1.807, 2.05) is 18.2 Å². The lowest BCUT2D eigenvalue weighted by Gasteiger charge is -2.05. The van der Waals surface area contributed by atoms with Crippen molar-refractivity contribution in [1.29, 1.82) is 0 Å². The van der Waals surface area contributed by atoms with Crippen LogP contribution < -0.4 is 5.73 Å².